The van der Waals surface area contributed by atoms with Crippen molar-refractivity contribution in [1.82, 2.24) is 9.55 Å². The molecule has 0 fully saturated rings. The molecule has 4 nitrogen and oxygen atoms in total. The zero-order valence-corrected chi connectivity index (χ0v) is 9.51. The largest absolute Gasteiger partial charge is 0.383 e. The van der Waals surface area contributed by atoms with Gasteiger partial charge in [-0.3, -0.25) is 0 Å². The van der Waals surface area contributed by atoms with Gasteiger partial charge in [-0.05, 0) is 6.26 Å². The van der Waals surface area contributed by atoms with Gasteiger partial charge in [-0.25, -0.2) is 4.98 Å². The Morgan fingerprint density at radius 3 is 3.21 bits per heavy atom. The number of hydrogen-bond acceptors (Lipinski definition) is 4. The number of aromatic nitrogens is 2. The minimum atomic E-state index is 0.704. The first-order valence-electron chi connectivity index (χ1n) is 4.61. The van der Waals surface area contributed by atoms with Gasteiger partial charge in [0.25, 0.3) is 0 Å². The minimum Gasteiger partial charge on any atom is -0.383 e. The molecule has 0 aliphatic rings. The highest BCUT2D eigenvalue weighted by Crippen LogP contribution is 2.05. The average molecular weight is 215 g/mol. The summed E-state index contributed by atoms with van der Waals surface area (Å²) in [5, 5.41) is 3.22. The number of anilines is 1. The summed E-state index contributed by atoms with van der Waals surface area (Å²) in [5.74, 6) is 2.03. The van der Waals surface area contributed by atoms with Gasteiger partial charge in [-0.15, -0.1) is 0 Å². The molecule has 0 aliphatic carbocycles. The monoisotopic (exact) mass is 215 g/mol. The lowest BCUT2D eigenvalue weighted by Crippen LogP contribution is -2.12. The lowest BCUT2D eigenvalue weighted by Gasteiger charge is -2.08. The Hall–Kier alpha value is -0.680. The van der Waals surface area contributed by atoms with Crippen molar-refractivity contribution in [1.29, 1.82) is 0 Å². The third kappa shape index (κ3) is 3.59. The van der Waals surface area contributed by atoms with Gasteiger partial charge in [0, 0.05) is 38.3 Å². The predicted molar refractivity (Wildman–Crippen MR) is 61.0 cm³/mol. The van der Waals surface area contributed by atoms with Crippen LogP contribution in [0.3, 0.4) is 0 Å². The first-order chi connectivity index (χ1) is 6.88. The fourth-order valence-electron chi connectivity index (χ4n) is 1.11. The van der Waals surface area contributed by atoms with Crippen LogP contribution in [0.25, 0.3) is 0 Å². The van der Waals surface area contributed by atoms with E-state index >= 15 is 0 Å². The predicted octanol–water partition coefficient (Wildman–Crippen LogP) is 1.30. The Labute approximate surface area is 89.0 Å². The summed E-state index contributed by atoms with van der Waals surface area (Å²) in [6.45, 7) is 2.50. The van der Waals surface area contributed by atoms with Crippen molar-refractivity contribution in [3.8, 4) is 0 Å². The first kappa shape index (κ1) is 11.4. The summed E-state index contributed by atoms with van der Waals surface area (Å²) in [6, 6.07) is 0. The summed E-state index contributed by atoms with van der Waals surface area (Å²) in [7, 11) is 1.70. The zero-order valence-electron chi connectivity index (χ0n) is 8.69. The molecule has 14 heavy (non-hydrogen) atoms. The Morgan fingerprint density at radius 1 is 1.64 bits per heavy atom. The van der Waals surface area contributed by atoms with Crippen molar-refractivity contribution >= 4 is 17.7 Å². The molecular weight excluding hydrogens is 198 g/mol. The summed E-state index contributed by atoms with van der Waals surface area (Å²) in [6.07, 6.45) is 5.91. The van der Waals surface area contributed by atoms with E-state index in [0.29, 0.717) is 6.61 Å². The number of aryl methyl sites for hydroxylation is 1. The van der Waals surface area contributed by atoms with Crippen LogP contribution in [0.2, 0.25) is 0 Å². The lowest BCUT2D eigenvalue weighted by molar-refractivity contribution is 0.210. The van der Waals surface area contributed by atoms with Crippen LogP contribution in [0.4, 0.5) is 5.95 Å². The van der Waals surface area contributed by atoms with Crippen molar-refractivity contribution in [2.24, 2.45) is 0 Å². The Balaban J connectivity index is 2.37. The molecule has 0 spiro atoms. The maximum absolute atomic E-state index is 4.96. The summed E-state index contributed by atoms with van der Waals surface area (Å²) < 4.78 is 7.07. The van der Waals surface area contributed by atoms with Crippen LogP contribution in [0.1, 0.15) is 0 Å². The van der Waals surface area contributed by atoms with E-state index in [1.54, 1.807) is 7.11 Å². The Morgan fingerprint density at radius 2 is 2.50 bits per heavy atom. The van der Waals surface area contributed by atoms with Gasteiger partial charge in [-0.1, -0.05) is 0 Å². The van der Waals surface area contributed by atoms with Crippen molar-refractivity contribution < 1.29 is 4.74 Å². The molecule has 1 heterocycles. The van der Waals surface area contributed by atoms with E-state index in [1.165, 1.54) is 0 Å². The summed E-state index contributed by atoms with van der Waals surface area (Å²) in [5.41, 5.74) is 0. The minimum absolute atomic E-state index is 0.704. The molecule has 0 unspecified atom stereocenters. The van der Waals surface area contributed by atoms with Crippen LogP contribution < -0.4 is 5.32 Å². The number of thioether (sulfide) groups is 1. The number of hydrogen-bond donors (Lipinski definition) is 1. The Bertz CT molecular complexity index is 252. The number of methoxy groups -OCH3 is 1. The van der Waals surface area contributed by atoms with Crippen molar-refractivity contribution in [3.05, 3.63) is 12.4 Å². The van der Waals surface area contributed by atoms with E-state index in [2.05, 4.69) is 21.1 Å². The van der Waals surface area contributed by atoms with Crippen LogP contribution in [0, 0.1) is 0 Å². The highest BCUT2D eigenvalue weighted by Gasteiger charge is 2.00. The van der Waals surface area contributed by atoms with Gasteiger partial charge in [0.2, 0.25) is 5.95 Å². The fourth-order valence-corrected chi connectivity index (χ4v) is 1.49. The van der Waals surface area contributed by atoms with Crippen LogP contribution in [-0.2, 0) is 11.3 Å². The number of rotatable bonds is 7. The molecule has 80 valence electrons. The molecule has 1 N–H and O–H groups in total. The van der Waals surface area contributed by atoms with Crippen molar-refractivity contribution in [2.75, 3.05) is 37.6 Å². The first-order valence-corrected chi connectivity index (χ1v) is 6.00. The van der Waals surface area contributed by atoms with Crippen molar-refractivity contribution in [3.63, 3.8) is 0 Å². The van der Waals surface area contributed by atoms with Gasteiger partial charge in [0.15, 0.2) is 0 Å². The second-order valence-electron chi connectivity index (χ2n) is 2.86. The third-order valence-electron chi connectivity index (χ3n) is 1.84. The van der Waals surface area contributed by atoms with Crippen LogP contribution in [0.5, 0.6) is 0 Å². The Kier molecular flexibility index (Phi) is 5.47. The summed E-state index contributed by atoms with van der Waals surface area (Å²) in [4.78, 5) is 4.23. The third-order valence-corrected chi connectivity index (χ3v) is 2.43. The van der Waals surface area contributed by atoms with Gasteiger partial charge in [0.05, 0.1) is 6.61 Å². The molecule has 1 aromatic rings. The second-order valence-corrected chi connectivity index (χ2v) is 3.84. The van der Waals surface area contributed by atoms with E-state index in [4.69, 9.17) is 4.74 Å². The average Bonchev–Trinajstić information content (AvgIpc) is 2.63. The number of nitrogens with zero attached hydrogens (tertiary/aromatic N) is 2. The van der Waals surface area contributed by atoms with E-state index < -0.39 is 0 Å². The van der Waals surface area contributed by atoms with E-state index in [0.717, 1.165) is 24.8 Å². The molecule has 0 saturated carbocycles. The highest BCUT2D eigenvalue weighted by molar-refractivity contribution is 7.98. The SMILES string of the molecule is COCCNc1nccn1CCSC. The molecule has 1 aromatic heterocycles. The number of ether oxygens (including phenoxy) is 1. The van der Waals surface area contributed by atoms with E-state index in [-0.39, 0.29) is 0 Å². The molecule has 5 heteroatoms. The molecule has 0 aromatic carbocycles. The smallest absolute Gasteiger partial charge is 0.202 e. The maximum Gasteiger partial charge on any atom is 0.202 e. The zero-order chi connectivity index (χ0) is 10.2. The molecule has 0 aliphatic heterocycles. The lowest BCUT2D eigenvalue weighted by atomic mass is 10.6. The van der Waals surface area contributed by atoms with E-state index in [9.17, 15) is 0 Å². The number of imidazole rings is 1. The van der Waals surface area contributed by atoms with Crippen molar-refractivity contribution in [2.45, 2.75) is 6.54 Å². The van der Waals surface area contributed by atoms with Crippen LogP contribution in [-0.4, -0.2) is 41.8 Å². The van der Waals surface area contributed by atoms with Gasteiger partial charge >= 0.3 is 0 Å². The fraction of sp³-hybridized carbons (Fsp3) is 0.667. The highest BCUT2D eigenvalue weighted by atomic mass is 32.2. The normalized spacial score (nSPS) is 10.4. The summed E-state index contributed by atoms with van der Waals surface area (Å²) >= 11 is 1.84. The van der Waals surface area contributed by atoms with Gasteiger partial charge < -0.3 is 14.6 Å². The standard InChI is InChI=1S/C9H17N3OS/c1-13-7-4-11-9-10-3-5-12(9)6-8-14-2/h3,5H,4,6-8H2,1-2H3,(H,10,11). The topological polar surface area (TPSA) is 39.1 Å². The van der Waals surface area contributed by atoms with Crippen LogP contribution in [0.15, 0.2) is 12.4 Å². The molecule has 0 saturated heterocycles. The molecule has 0 radical (unpaired) electrons. The molecule has 0 bridgehead atoms. The maximum atomic E-state index is 4.96. The van der Waals surface area contributed by atoms with E-state index in [1.807, 2.05) is 24.2 Å². The van der Waals surface area contributed by atoms with Gasteiger partial charge in [0.1, 0.15) is 0 Å². The molecule has 1 rings (SSSR count). The van der Waals surface area contributed by atoms with Crippen LogP contribution >= 0.6 is 11.8 Å². The molecular formula is C9H17N3OS. The second kappa shape index (κ2) is 6.73. The quantitative estimate of drug-likeness (QED) is 0.696. The van der Waals surface area contributed by atoms with Gasteiger partial charge in [-0.2, -0.15) is 11.8 Å². The molecule has 0 amide bonds. The number of nitrogens with one attached hydrogen (secondary N) is 1. The molecule has 0 atom stereocenters.